The molecule has 1 N–H and O–H groups in total. The summed E-state index contributed by atoms with van der Waals surface area (Å²) in [5.74, 6) is 0.435. The van der Waals surface area contributed by atoms with E-state index in [0.29, 0.717) is 12.0 Å². The van der Waals surface area contributed by atoms with Crippen LogP contribution in [0.5, 0.6) is 0 Å². The van der Waals surface area contributed by atoms with Crippen molar-refractivity contribution < 1.29 is 0 Å². The molecule has 1 aromatic carbocycles. The molecule has 0 bridgehead atoms. The Morgan fingerprint density at radius 3 is 2.70 bits per heavy atom. The predicted octanol–water partition coefficient (Wildman–Crippen LogP) is 3.51. The zero-order chi connectivity index (χ0) is 14.5. The van der Waals surface area contributed by atoms with Gasteiger partial charge in [-0.15, -0.1) is 0 Å². The van der Waals surface area contributed by atoms with Crippen molar-refractivity contribution in [2.45, 2.75) is 32.2 Å². The Hall–Kier alpha value is -1.13. The van der Waals surface area contributed by atoms with E-state index in [-0.39, 0.29) is 0 Å². The SMILES string of the molecule is CC(C)NCC(Cc1ccn(C)n1)c1cccc(Br)c1. The maximum Gasteiger partial charge on any atom is 0.0631 e. The fourth-order valence-electron chi connectivity index (χ4n) is 2.27. The average Bonchev–Trinajstić information content (AvgIpc) is 2.80. The van der Waals surface area contributed by atoms with E-state index in [9.17, 15) is 0 Å². The lowest BCUT2D eigenvalue weighted by Gasteiger charge is -2.19. The molecule has 2 aromatic rings. The highest BCUT2D eigenvalue weighted by Gasteiger charge is 2.14. The number of rotatable bonds is 6. The van der Waals surface area contributed by atoms with Gasteiger partial charge in [-0.25, -0.2) is 0 Å². The summed E-state index contributed by atoms with van der Waals surface area (Å²) in [5, 5.41) is 8.04. The van der Waals surface area contributed by atoms with Gasteiger partial charge in [0.2, 0.25) is 0 Å². The van der Waals surface area contributed by atoms with Gasteiger partial charge in [-0.2, -0.15) is 5.10 Å². The Bertz CT molecular complexity index is 548. The summed E-state index contributed by atoms with van der Waals surface area (Å²) in [6, 6.07) is 11.2. The molecule has 0 spiro atoms. The lowest BCUT2D eigenvalue weighted by Crippen LogP contribution is -2.29. The van der Waals surface area contributed by atoms with Crippen molar-refractivity contribution in [1.29, 1.82) is 0 Å². The molecular weight excluding hydrogens is 314 g/mol. The Morgan fingerprint density at radius 2 is 2.10 bits per heavy atom. The summed E-state index contributed by atoms with van der Waals surface area (Å²) >= 11 is 3.56. The van der Waals surface area contributed by atoms with Crippen LogP contribution in [0.2, 0.25) is 0 Å². The van der Waals surface area contributed by atoms with Crippen LogP contribution in [0.1, 0.15) is 31.0 Å². The van der Waals surface area contributed by atoms with Crippen molar-refractivity contribution in [2.24, 2.45) is 7.05 Å². The third kappa shape index (κ3) is 4.46. The molecule has 0 saturated carbocycles. The quantitative estimate of drug-likeness (QED) is 0.875. The first-order chi connectivity index (χ1) is 9.54. The first-order valence-corrected chi connectivity index (χ1v) is 7.81. The van der Waals surface area contributed by atoms with Crippen LogP contribution in [-0.4, -0.2) is 22.4 Å². The zero-order valence-corrected chi connectivity index (χ0v) is 13.9. The number of nitrogens with zero attached hydrogens (tertiary/aromatic N) is 2. The van der Waals surface area contributed by atoms with E-state index in [0.717, 1.165) is 23.1 Å². The van der Waals surface area contributed by atoms with Crippen LogP contribution in [0.15, 0.2) is 41.0 Å². The molecule has 1 unspecified atom stereocenters. The van der Waals surface area contributed by atoms with Crippen LogP contribution in [0, 0.1) is 0 Å². The van der Waals surface area contributed by atoms with E-state index in [1.165, 1.54) is 5.56 Å². The molecule has 20 heavy (non-hydrogen) atoms. The summed E-state index contributed by atoms with van der Waals surface area (Å²) in [7, 11) is 1.96. The summed E-state index contributed by atoms with van der Waals surface area (Å²) in [5.41, 5.74) is 2.49. The van der Waals surface area contributed by atoms with E-state index in [1.807, 2.05) is 17.9 Å². The van der Waals surface area contributed by atoms with Crippen LogP contribution in [0.3, 0.4) is 0 Å². The summed E-state index contributed by atoms with van der Waals surface area (Å²) in [6.07, 6.45) is 2.96. The maximum absolute atomic E-state index is 4.50. The molecule has 0 aliphatic heterocycles. The molecule has 0 radical (unpaired) electrons. The molecular formula is C16H22BrN3. The molecule has 0 aliphatic rings. The van der Waals surface area contributed by atoms with Gasteiger partial charge in [0.05, 0.1) is 5.69 Å². The first-order valence-electron chi connectivity index (χ1n) is 7.02. The largest absolute Gasteiger partial charge is 0.314 e. The van der Waals surface area contributed by atoms with Crippen LogP contribution in [0.4, 0.5) is 0 Å². The number of aryl methyl sites for hydroxylation is 1. The Kier molecular flexibility index (Phi) is 5.38. The van der Waals surface area contributed by atoms with Crippen molar-refractivity contribution in [2.75, 3.05) is 6.54 Å². The minimum Gasteiger partial charge on any atom is -0.314 e. The number of halogens is 1. The summed E-state index contributed by atoms with van der Waals surface area (Å²) in [6.45, 7) is 5.32. The summed E-state index contributed by atoms with van der Waals surface area (Å²) in [4.78, 5) is 0. The van der Waals surface area contributed by atoms with E-state index >= 15 is 0 Å². The van der Waals surface area contributed by atoms with Crippen LogP contribution in [0.25, 0.3) is 0 Å². The molecule has 0 fully saturated rings. The van der Waals surface area contributed by atoms with E-state index in [2.05, 4.69) is 70.5 Å². The zero-order valence-electron chi connectivity index (χ0n) is 12.3. The minimum atomic E-state index is 0.435. The number of hydrogen-bond donors (Lipinski definition) is 1. The fourth-order valence-corrected chi connectivity index (χ4v) is 2.69. The van der Waals surface area contributed by atoms with Crippen LogP contribution >= 0.6 is 15.9 Å². The normalized spacial score (nSPS) is 12.8. The predicted molar refractivity (Wildman–Crippen MR) is 86.9 cm³/mol. The second-order valence-corrected chi connectivity index (χ2v) is 6.42. The molecule has 108 valence electrons. The smallest absolute Gasteiger partial charge is 0.0631 e. The van der Waals surface area contributed by atoms with E-state index in [4.69, 9.17) is 0 Å². The van der Waals surface area contributed by atoms with Gasteiger partial charge >= 0.3 is 0 Å². The molecule has 3 nitrogen and oxygen atoms in total. The van der Waals surface area contributed by atoms with Crippen LogP contribution in [-0.2, 0) is 13.5 Å². The van der Waals surface area contributed by atoms with Crippen molar-refractivity contribution in [3.63, 3.8) is 0 Å². The number of nitrogens with one attached hydrogen (secondary N) is 1. The highest BCUT2D eigenvalue weighted by molar-refractivity contribution is 9.10. The minimum absolute atomic E-state index is 0.435. The molecule has 1 atom stereocenters. The number of aromatic nitrogens is 2. The standard InChI is InChI=1S/C16H22BrN3/c1-12(2)18-11-14(10-16-7-8-20(3)19-16)13-5-4-6-15(17)9-13/h4-9,12,14,18H,10-11H2,1-3H3. The third-order valence-electron chi connectivity index (χ3n) is 3.32. The molecule has 0 saturated heterocycles. The number of benzene rings is 1. The molecule has 0 amide bonds. The average molecular weight is 336 g/mol. The van der Waals surface area contributed by atoms with Gasteiger partial charge < -0.3 is 5.32 Å². The van der Waals surface area contributed by atoms with Gasteiger partial charge in [0.25, 0.3) is 0 Å². The van der Waals surface area contributed by atoms with E-state index < -0.39 is 0 Å². The molecule has 1 heterocycles. The van der Waals surface area contributed by atoms with Crippen molar-refractivity contribution >= 4 is 15.9 Å². The second kappa shape index (κ2) is 7.04. The second-order valence-electron chi connectivity index (χ2n) is 5.50. The van der Waals surface area contributed by atoms with Crippen molar-refractivity contribution in [1.82, 2.24) is 15.1 Å². The molecule has 4 heteroatoms. The molecule has 1 aromatic heterocycles. The highest BCUT2D eigenvalue weighted by Crippen LogP contribution is 2.23. The fraction of sp³-hybridized carbons (Fsp3) is 0.438. The van der Waals surface area contributed by atoms with Gasteiger partial charge in [0.1, 0.15) is 0 Å². The lowest BCUT2D eigenvalue weighted by atomic mass is 9.94. The summed E-state index contributed by atoms with van der Waals surface area (Å²) < 4.78 is 2.99. The van der Waals surface area contributed by atoms with Gasteiger partial charge in [-0.3, -0.25) is 4.68 Å². The Balaban J connectivity index is 2.15. The first kappa shape index (κ1) is 15.3. The molecule has 0 aliphatic carbocycles. The van der Waals surface area contributed by atoms with Gasteiger partial charge in [0.15, 0.2) is 0 Å². The monoisotopic (exact) mass is 335 g/mol. The lowest BCUT2D eigenvalue weighted by molar-refractivity contribution is 0.522. The van der Waals surface area contributed by atoms with Gasteiger partial charge in [-0.1, -0.05) is 41.9 Å². The van der Waals surface area contributed by atoms with Gasteiger partial charge in [-0.05, 0) is 30.2 Å². The number of hydrogen-bond acceptors (Lipinski definition) is 2. The maximum atomic E-state index is 4.50. The Morgan fingerprint density at radius 1 is 1.30 bits per heavy atom. The third-order valence-corrected chi connectivity index (χ3v) is 3.81. The van der Waals surface area contributed by atoms with Crippen molar-refractivity contribution in [3.8, 4) is 0 Å². The van der Waals surface area contributed by atoms with Gasteiger partial charge in [0, 0.05) is 36.2 Å². The van der Waals surface area contributed by atoms with Crippen molar-refractivity contribution in [3.05, 3.63) is 52.3 Å². The van der Waals surface area contributed by atoms with E-state index in [1.54, 1.807) is 0 Å². The highest BCUT2D eigenvalue weighted by atomic mass is 79.9. The Labute approximate surface area is 129 Å². The van der Waals surface area contributed by atoms with Crippen LogP contribution < -0.4 is 5.32 Å². The molecule has 2 rings (SSSR count). The topological polar surface area (TPSA) is 29.9 Å².